The van der Waals surface area contributed by atoms with Crippen LogP contribution in [0.3, 0.4) is 0 Å². The lowest BCUT2D eigenvalue weighted by Gasteiger charge is -2.03. The van der Waals surface area contributed by atoms with Gasteiger partial charge in [0, 0.05) is 6.04 Å². The predicted octanol–water partition coefficient (Wildman–Crippen LogP) is 2.68. The van der Waals surface area contributed by atoms with Gasteiger partial charge >= 0.3 is 0 Å². The molecule has 0 bridgehead atoms. The zero-order valence-electron chi connectivity index (χ0n) is 10.7. The molecule has 1 N–H and O–H groups in total. The van der Waals surface area contributed by atoms with E-state index in [1.165, 1.54) is 6.07 Å². The van der Waals surface area contributed by atoms with E-state index in [0.717, 1.165) is 5.56 Å². The molecule has 1 aromatic carbocycles. The van der Waals surface area contributed by atoms with Crippen LogP contribution in [0.25, 0.3) is 11.5 Å². The molecule has 4 nitrogen and oxygen atoms in total. The molecule has 96 valence electrons. The average Bonchev–Trinajstić information content (AvgIpc) is 2.75. The topological polar surface area (TPSA) is 51.0 Å². The Labute approximate surface area is 105 Å². The Hall–Kier alpha value is -1.75. The molecule has 5 heteroatoms. The minimum atomic E-state index is -0.345. The van der Waals surface area contributed by atoms with Gasteiger partial charge in [0.25, 0.3) is 5.89 Å². The van der Waals surface area contributed by atoms with E-state index < -0.39 is 0 Å². The molecule has 0 spiro atoms. The van der Waals surface area contributed by atoms with Crippen molar-refractivity contribution >= 4 is 0 Å². The number of hydrogen-bond donors (Lipinski definition) is 1. The summed E-state index contributed by atoms with van der Waals surface area (Å²) in [6, 6.07) is 5.24. The smallest absolute Gasteiger partial charge is 0.250 e. The molecular formula is C13H16FN3O. The number of benzene rings is 1. The number of nitrogens with one attached hydrogen (secondary N) is 1. The number of halogens is 1. The van der Waals surface area contributed by atoms with Gasteiger partial charge in [-0.05, 0) is 24.6 Å². The zero-order chi connectivity index (χ0) is 13.1. The molecule has 0 aliphatic carbocycles. The van der Waals surface area contributed by atoms with Crippen molar-refractivity contribution in [1.82, 2.24) is 15.5 Å². The average molecular weight is 249 g/mol. The summed E-state index contributed by atoms with van der Waals surface area (Å²) in [6.45, 7) is 6.37. The number of aryl methyl sites for hydroxylation is 1. The van der Waals surface area contributed by atoms with Crippen molar-refractivity contribution < 1.29 is 8.81 Å². The zero-order valence-corrected chi connectivity index (χ0v) is 10.7. The highest BCUT2D eigenvalue weighted by Gasteiger charge is 2.12. The third kappa shape index (κ3) is 2.92. The van der Waals surface area contributed by atoms with E-state index in [2.05, 4.69) is 15.5 Å². The second kappa shape index (κ2) is 5.27. The maximum atomic E-state index is 13.7. The van der Waals surface area contributed by atoms with Crippen LogP contribution in [0, 0.1) is 12.7 Å². The highest BCUT2D eigenvalue weighted by Crippen LogP contribution is 2.22. The normalized spacial score (nSPS) is 11.2. The maximum absolute atomic E-state index is 13.7. The largest absolute Gasteiger partial charge is 0.419 e. The van der Waals surface area contributed by atoms with Crippen molar-refractivity contribution in [1.29, 1.82) is 0 Å². The fraction of sp³-hybridized carbons (Fsp3) is 0.385. The van der Waals surface area contributed by atoms with Crippen LogP contribution < -0.4 is 5.32 Å². The summed E-state index contributed by atoms with van der Waals surface area (Å²) >= 11 is 0. The molecule has 18 heavy (non-hydrogen) atoms. The number of hydrogen-bond acceptors (Lipinski definition) is 4. The first-order valence-electron chi connectivity index (χ1n) is 5.88. The summed E-state index contributed by atoms with van der Waals surface area (Å²) in [5, 5.41) is 10.9. The molecule has 0 unspecified atom stereocenters. The minimum absolute atomic E-state index is 0.216. The number of rotatable bonds is 4. The van der Waals surface area contributed by atoms with Gasteiger partial charge in [0.05, 0.1) is 12.1 Å². The Morgan fingerprint density at radius 1 is 1.33 bits per heavy atom. The van der Waals surface area contributed by atoms with E-state index in [1.54, 1.807) is 6.07 Å². The van der Waals surface area contributed by atoms with Crippen molar-refractivity contribution in [3.05, 3.63) is 35.5 Å². The molecule has 0 saturated heterocycles. The minimum Gasteiger partial charge on any atom is -0.419 e. The summed E-state index contributed by atoms with van der Waals surface area (Å²) < 4.78 is 19.1. The Kier molecular flexibility index (Phi) is 3.72. The lowest BCUT2D eigenvalue weighted by atomic mass is 10.1. The Balaban J connectivity index is 2.18. The van der Waals surface area contributed by atoms with Crippen LogP contribution >= 0.6 is 0 Å². The molecule has 2 aromatic rings. The molecule has 0 saturated carbocycles. The highest BCUT2D eigenvalue weighted by molar-refractivity contribution is 5.54. The van der Waals surface area contributed by atoms with Crippen molar-refractivity contribution in [3.63, 3.8) is 0 Å². The first-order chi connectivity index (χ1) is 8.56. The molecule has 0 fully saturated rings. The second-order valence-corrected chi connectivity index (χ2v) is 4.52. The van der Waals surface area contributed by atoms with Crippen LogP contribution in [0.1, 0.15) is 25.3 Å². The van der Waals surface area contributed by atoms with Gasteiger partial charge < -0.3 is 9.73 Å². The van der Waals surface area contributed by atoms with E-state index in [9.17, 15) is 4.39 Å². The lowest BCUT2D eigenvalue weighted by Crippen LogP contribution is -2.21. The molecule has 2 rings (SSSR count). The van der Waals surface area contributed by atoms with Crippen LogP contribution in [-0.2, 0) is 6.54 Å². The first-order valence-corrected chi connectivity index (χ1v) is 5.88. The quantitative estimate of drug-likeness (QED) is 0.905. The van der Waals surface area contributed by atoms with E-state index in [1.807, 2.05) is 26.8 Å². The number of aromatic nitrogens is 2. The van der Waals surface area contributed by atoms with Gasteiger partial charge in [-0.3, -0.25) is 0 Å². The van der Waals surface area contributed by atoms with E-state index in [-0.39, 0.29) is 11.7 Å². The lowest BCUT2D eigenvalue weighted by molar-refractivity contribution is 0.457. The monoisotopic (exact) mass is 249 g/mol. The molecular weight excluding hydrogens is 233 g/mol. The summed E-state index contributed by atoms with van der Waals surface area (Å²) in [5.41, 5.74) is 1.20. The molecule has 0 amide bonds. The predicted molar refractivity (Wildman–Crippen MR) is 66.4 cm³/mol. The van der Waals surface area contributed by atoms with Gasteiger partial charge in [-0.15, -0.1) is 10.2 Å². The molecule has 0 aliphatic heterocycles. The fourth-order valence-corrected chi connectivity index (χ4v) is 1.52. The van der Waals surface area contributed by atoms with E-state index in [4.69, 9.17) is 4.42 Å². The van der Waals surface area contributed by atoms with Gasteiger partial charge in [0.15, 0.2) is 0 Å². The van der Waals surface area contributed by atoms with Gasteiger partial charge in [0.1, 0.15) is 5.82 Å². The maximum Gasteiger partial charge on any atom is 0.250 e. The molecule has 1 heterocycles. The molecule has 0 aliphatic rings. The van der Waals surface area contributed by atoms with Crippen LogP contribution in [0.5, 0.6) is 0 Å². The molecule has 0 radical (unpaired) electrons. The van der Waals surface area contributed by atoms with Crippen LogP contribution in [-0.4, -0.2) is 16.2 Å². The first kappa shape index (κ1) is 12.7. The molecule has 0 atom stereocenters. The highest BCUT2D eigenvalue weighted by atomic mass is 19.1. The van der Waals surface area contributed by atoms with Crippen LogP contribution in [0.4, 0.5) is 4.39 Å². The number of nitrogens with zero attached hydrogens (tertiary/aromatic N) is 2. The summed E-state index contributed by atoms with van der Waals surface area (Å²) in [5.74, 6) is 0.328. The van der Waals surface area contributed by atoms with Crippen molar-refractivity contribution in [3.8, 4) is 11.5 Å². The van der Waals surface area contributed by atoms with Crippen molar-refractivity contribution in [2.24, 2.45) is 0 Å². The van der Waals surface area contributed by atoms with Crippen molar-refractivity contribution in [2.45, 2.75) is 33.4 Å². The molecule has 1 aromatic heterocycles. The summed E-state index contributed by atoms with van der Waals surface area (Å²) in [4.78, 5) is 0. The van der Waals surface area contributed by atoms with E-state index >= 15 is 0 Å². The standard InChI is InChI=1S/C13H16FN3O/c1-8(2)15-7-12-16-17-13(18-12)10-5-4-9(3)6-11(10)14/h4-6,8,15H,7H2,1-3H3. The Morgan fingerprint density at radius 2 is 2.11 bits per heavy atom. The van der Waals surface area contributed by atoms with Gasteiger partial charge in [-0.2, -0.15) is 0 Å². The van der Waals surface area contributed by atoms with Crippen molar-refractivity contribution in [2.75, 3.05) is 0 Å². The van der Waals surface area contributed by atoms with Gasteiger partial charge in [-0.25, -0.2) is 4.39 Å². The SMILES string of the molecule is Cc1ccc(-c2nnc(CNC(C)C)o2)c(F)c1. The summed E-state index contributed by atoms with van der Waals surface area (Å²) in [7, 11) is 0. The van der Waals surface area contributed by atoms with Gasteiger partial charge in [-0.1, -0.05) is 19.9 Å². The Morgan fingerprint density at radius 3 is 2.78 bits per heavy atom. The van der Waals surface area contributed by atoms with E-state index in [0.29, 0.717) is 24.0 Å². The summed E-state index contributed by atoms with van der Waals surface area (Å²) in [6.07, 6.45) is 0. The Bertz CT molecular complexity index is 537. The third-order valence-corrected chi connectivity index (χ3v) is 2.48. The van der Waals surface area contributed by atoms with Crippen LogP contribution in [0.2, 0.25) is 0 Å². The second-order valence-electron chi connectivity index (χ2n) is 4.52. The van der Waals surface area contributed by atoms with Crippen LogP contribution in [0.15, 0.2) is 22.6 Å². The third-order valence-electron chi connectivity index (χ3n) is 2.48. The van der Waals surface area contributed by atoms with Gasteiger partial charge in [0.2, 0.25) is 5.89 Å². The fourth-order valence-electron chi connectivity index (χ4n) is 1.52.